The highest BCUT2D eigenvalue weighted by Crippen LogP contribution is 2.41. The van der Waals surface area contributed by atoms with E-state index in [1.54, 1.807) is 47.4 Å². The molecule has 1 aromatic heterocycles. The average molecular weight is 844 g/mol. The zero-order chi connectivity index (χ0) is 42.0. The molecule has 61 heavy (non-hydrogen) atoms. The molecule has 0 spiro atoms. The van der Waals surface area contributed by atoms with Crippen molar-refractivity contribution in [3.05, 3.63) is 119 Å². The van der Waals surface area contributed by atoms with Crippen LogP contribution in [0.5, 0.6) is 11.5 Å². The number of fused-ring (bicyclic) bond motifs is 2. The van der Waals surface area contributed by atoms with Crippen molar-refractivity contribution in [1.82, 2.24) is 24.9 Å². The number of ether oxygens (including phenoxy) is 1. The number of piperidine rings is 2. The minimum atomic E-state index is -0.587. The normalized spacial score (nSPS) is 19.4. The summed E-state index contributed by atoms with van der Waals surface area (Å²) in [5, 5.41) is 13.2. The van der Waals surface area contributed by atoms with Crippen LogP contribution >= 0.6 is 11.3 Å². The minimum absolute atomic E-state index is 0.120. The first kappa shape index (κ1) is 40.9. The molecule has 1 atom stereocenters. The summed E-state index contributed by atoms with van der Waals surface area (Å²) in [6.45, 7) is 10.2. The lowest BCUT2D eigenvalue weighted by atomic mass is 9.88. The summed E-state index contributed by atoms with van der Waals surface area (Å²) in [6.07, 6.45) is 3.95. The van der Waals surface area contributed by atoms with Gasteiger partial charge in [-0.2, -0.15) is 0 Å². The number of benzene rings is 4. The van der Waals surface area contributed by atoms with Crippen molar-refractivity contribution in [3.8, 4) is 21.9 Å². The maximum absolute atomic E-state index is 13.9. The predicted octanol–water partition coefficient (Wildman–Crippen LogP) is 6.67. The lowest BCUT2D eigenvalue weighted by Crippen LogP contribution is -2.52. The Kier molecular flexibility index (Phi) is 12.0. The number of hydrogen-bond acceptors (Lipinski definition) is 10. The number of aromatic hydroxyl groups is 1. The summed E-state index contributed by atoms with van der Waals surface area (Å²) in [5.74, 6) is 0.0441. The highest BCUT2D eigenvalue weighted by Gasteiger charge is 2.39. The highest BCUT2D eigenvalue weighted by atomic mass is 32.1. The van der Waals surface area contributed by atoms with E-state index in [4.69, 9.17) is 4.74 Å². The van der Waals surface area contributed by atoms with E-state index in [-0.39, 0.29) is 41.5 Å². The van der Waals surface area contributed by atoms with Gasteiger partial charge in [0.15, 0.2) is 5.78 Å². The molecule has 9 rings (SSSR count). The SMILES string of the molecule is O=C1CCC(N2Cc3cc(C4CCN(CCCN5CCN(CCOc6ccc(C(=O)c7c(-c8ccc(F)cc8)sc8cc(O)ccc78)cc6)CC5)CC4)ccc3C2=O)C(=O)N1. The molecule has 5 aromatic rings. The fourth-order valence-corrected chi connectivity index (χ4v) is 10.6. The van der Waals surface area contributed by atoms with Crippen LogP contribution in [0.2, 0.25) is 0 Å². The van der Waals surface area contributed by atoms with E-state index >= 15 is 0 Å². The van der Waals surface area contributed by atoms with Gasteiger partial charge >= 0.3 is 0 Å². The number of carbonyl (C=O) groups excluding carboxylic acids is 4. The molecule has 11 nitrogen and oxygen atoms in total. The molecule has 1 unspecified atom stereocenters. The minimum Gasteiger partial charge on any atom is -0.508 e. The Morgan fingerprint density at radius 3 is 2.23 bits per heavy atom. The zero-order valence-electron chi connectivity index (χ0n) is 34.1. The summed E-state index contributed by atoms with van der Waals surface area (Å²) < 4.78 is 20.6. The second kappa shape index (κ2) is 17.9. The summed E-state index contributed by atoms with van der Waals surface area (Å²) in [4.78, 5) is 61.0. The van der Waals surface area contributed by atoms with Crippen molar-refractivity contribution in [2.24, 2.45) is 0 Å². The number of rotatable bonds is 13. The first-order chi connectivity index (χ1) is 29.7. The maximum Gasteiger partial charge on any atom is 0.255 e. The maximum atomic E-state index is 13.9. The number of piperazine rings is 1. The summed E-state index contributed by atoms with van der Waals surface area (Å²) in [7, 11) is 0. The van der Waals surface area contributed by atoms with Gasteiger partial charge in [-0.3, -0.25) is 29.4 Å². The van der Waals surface area contributed by atoms with Gasteiger partial charge in [0.1, 0.15) is 30.0 Å². The number of phenols is 1. The van der Waals surface area contributed by atoms with E-state index in [0.29, 0.717) is 47.9 Å². The molecule has 5 heterocycles. The van der Waals surface area contributed by atoms with Gasteiger partial charge in [-0.1, -0.05) is 24.3 Å². The lowest BCUT2D eigenvalue weighted by Gasteiger charge is -2.36. The van der Waals surface area contributed by atoms with Gasteiger partial charge in [0.25, 0.3) is 5.91 Å². The molecule has 2 N–H and O–H groups in total. The fraction of sp³-hybridized carbons (Fsp3) is 0.375. The van der Waals surface area contributed by atoms with Crippen LogP contribution in [0, 0.1) is 5.82 Å². The molecule has 3 fully saturated rings. The standard InChI is InChI=1S/C48H50FN5O6S/c49-36-7-2-33(3-8-36)46-44(40-13-9-37(55)29-42(40)61-46)45(57)32-4-10-38(11-5-32)60-27-26-53-24-22-52(23-25-53)19-1-18-51-20-16-31(17-21-51)34-6-12-39-35(28-34)30-54(48(39)59)41-14-15-43(56)50-47(41)58/h2-13,28-29,31,41,55H,1,14-27,30H2,(H,50,56,58). The number of imide groups is 1. The van der Waals surface area contributed by atoms with Crippen molar-refractivity contribution in [1.29, 1.82) is 0 Å². The van der Waals surface area contributed by atoms with Gasteiger partial charge in [-0.25, -0.2) is 4.39 Å². The van der Waals surface area contributed by atoms with Gasteiger partial charge in [-0.15, -0.1) is 11.3 Å². The van der Waals surface area contributed by atoms with Crippen LogP contribution in [-0.2, 0) is 16.1 Å². The number of likely N-dealkylation sites (tertiary alicyclic amines) is 1. The van der Waals surface area contributed by atoms with E-state index in [9.17, 15) is 28.7 Å². The monoisotopic (exact) mass is 843 g/mol. The first-order valence-corrected chi connectivity index (χ1v) is 22.2. The molecule has 4 aromatic carbocycles. The Balaban J connectivity index is 0.683. The van der Waals surface area contributed by atoms with Crippen LogP contribution in [0.1, 0.15) is 75.4 Å². The van der Waals surface area contributed by atoms with Crippen LogP contribution in [-0.4, -0.2) is 120 Å². The van der Waals surface area contributed by atoms with Crippen molar-refractivity contribution < 1.29 is 33.4 Å². The van der Waals surface area contributed by atoms with Gasteiger partial charge in [0.2, 0.25) is 11.8 Å². The second-order valence-electron chi connectivity index (χ2n) is 16.7. The van der Waals surface area contributed by atoms with Gasteiger partial charge < -0.3 is 24.5 Å². The number of nitrogens with zero attached hydrogens (tertiary/aromatic N) is 4. The van der Waals surface area contributed by atoms with Crippen LogP contribution < -0.4 is 10.1 Å². The summed E-state index contributed by atoms with van der Waals surface area (Å²) in [5.41, 5.74) is 4.74. The summed E-state index contributed by atoms with van der Waals surface area (Å²) in [6, 6.07) is 24.0. The molecule has 4 aliphatic heterocycles. The Morgan fingerprint density at radius 2 is 1.51 bits per heavy atom. The third-order valence-electron chi connectivity index (χ3n) is 12.8. The quantitative estimate of drug-likeness (QED) is 0.0989. The number of ketones is 1. The van der Waals surface area contributed by atoms with Gasteiger partial charge in [-0.05, 0) is 135 Å². The number of halogens is 1. The Hall–Kier alpha value is -5.47. The van der Waals surface area contributed by atoms with E-state index in [2.05, 4.69) is 32.1 Å². The fourth-order valence-electron chi connectivity index (χ4n) is 9.35. The average Bonchev–Trinajstić information content (AvgIpc) is 3.81. The van der Waals surface area contributed by atoms with Crippen molar-refractivity contribution in [2.75, 3.05) is 65.5 Å². The molecule has 3 amide bonds. The van der Waals surface area contributed by atoms with Gasteiger partial charge in [0, 0.05) is 77.3 Å². The van der Waals surface area contributed by atoms with Crippen LogP contribution in [0.15, 0.2) is 84.9 Å². The smallest absolute Gasteiger partial charge is 0.255 e. The number of hydrogen-bond donors (Lipinski definition) is 2. The summed E-state index contributed by atoms with van der Waals surface area (Å²) >= 11 is 1.40. The van der Waals surface area contributed by atoms with E-state index < -0.39 is 6.04 Å². The van der Waals surface area contributed by atoms with Crippen molar-refractivity contribution in [2.45, 2.75) is 50.6 Å². The Bertz CT molecular complexity index is 2440. The predicted molar refractivity (Wildman–Crippen MR) is 233 cm³/mol. The van der Waals surface area contributed by atoms with E-state index in [1.165, 1.54) is 29.0 Å². The molecular formula is C48H50FN5O6S. The molecule has 0 aliphatic carbocycles. The highest BCUT2D eigenvalue weighted by molar-refractivity contribution is 7.22. The molecule has 4 aliphatic rings. The number of nitrogens with one attached hydrogen (secondary N) is 1. The Labute approximate surface area is 358 Å². The molecule has 13 heteroatoms. The third-order valence-corrected chi connectivity index (χ3v) is 14.0. The topological polar surface area (TPSA) is 123 Å². The lowest BCUT2D eigenvalue weighted by molar-refractivity contribution is -0.136. The largest absolute Gasteiger partial charge is 0.508 e. The first-order valence-electron chi connectivity index (χ1n) is 21.4. The zero-order valence-corrected chi connectivity index (χ0v) is 34.9. The number of amides is 3. The Morgan fingerprint density at radius 1 is 0.803 bits per heavy atom. The molecule has 3 saturated heterocycles. The van der Waals surface area contributed by atoms with Crippen LogP contribution in [0.25, 0.3) is 20.5 Å². The second-order valence-corrected chi connectivity index (χ2v) is 17.7. The van der Waals surface area contributed by atoms with Crippen LogP contribution in [0.3, 0.4) is 0 Å². The molecule has 0 bridgehead atoms. The van der Waals surface area contributed by atoms with Crippen molar-refractivity contribution in [3.63, 3.8) is 0 Å². The number of carbonyl (C=O) groups is 4. The van der Waals surface area contributed by atoms with E-state index in [1.807, 2.05) is 18.2 Å². The molecule has 316 valence electrons. The number of thiophene rings is 1. The van der Waals surface area contributed by atoms with E-state index in [0.717, 1.165) is 104 Å². The molecular weight excluding hydrogens is 794 g/mol. The molecule has 0 radical (unpaired) electrons. The van der Waals surface area contributed by atoms with Crippen molar-refractivity contribution >= 4 is 44.9 Å². The molecule has 0 saturated carbocycles. The third kappa shape index (κ3) is 8.97. The van der Waals surface area contributed by atoms with Gasteiger partial charge in [0.05, 0.1) is 0 Å². The number of phenolic OH excluding ortho intramolecular Hbond substituents is 1. The van der Waals surface area contributed by atoms with Crippen LogP contribution in [0.4, 0.5) is 4.39 Å².